The Hall–Kier alpha value is -2.38. The van der Waals surface area contributed by atoms with Crippen LogP contribution >= 0.6 is 27.7 Å². The number of hydrogen-bond acceptors (Lipinski definition) is 5. The Labute approximate surface area is 163 Å². The standard InChI is InChI=1S/C19H14BrNO4S/c1-25-18(23)14-6-2-12(3-7-14)10-16-17(22)21(19(24)26-16)11-13-4-8-15(20)9-5-13/h2-10H,11H2,1H3/b16-10+. The molecule has 1 fully saturated rings. The second-order valence-electron chi connectivity index (χ2n) is 5.51. The molecule has 0 spiro atoms. The van der Waals surface area contributed by atoms with Crippen molar-refractivity contribution >= 4 is 50.9 Å². The molecular formula is C19H14BrNO4S. The predicted molar refractivity (Wildman–Crippen MR) is 103 cm³/mol. The number of ether oxygens (including phenoxy) is 1. The zero-order valence-electron chi connectivity index (χ0n) is 13.8. The van der Waals surface area contributed by atoms with Gasteiger partial charge in [-0.2, -0.15) is 0 Å². The van der Waals surface area contributed by atoms with E-state index in [4.69, 9.17) is 0 Å². The fourth-order valence-electron chi connectivity index (χ4n) is 2.39. The van der Waals surface area contributed by atoms with Gasteiger partial charge in [0.25, 0.3) is 11.1 Å². The van der Waals surface area contributed by atoms with Crippen molar-refractivity contribution in [3.05, 3.63) is 74.6 Å². The van der Waals surface area contributed by atoms with Crippen LogP contribution in [0.5, 0.6) is 0 Å². The lowest BCUT2D eigenvalue weighted by atomic mass is 10.1. The number of nitrogens with zero attached hydrogens (tertiary/aromatic N) is 1. The largest absolute Gasteiger partial charge is 0.465 e. The molecule has 1 aliphatic rings. The molecule has 5 nitrogen and oxygen atoms in total. The molecule has 1 aliphatic heterocycles. The molecule has 2 aromatic carbocycles. The lowest BCUT2D eigenvalue weighted by molar-refractivity contribution is -0.123. The van der Waals surface area contributed by atoms with E-state index in [0.29, 0.717) is 10.5 Å². The number of thioether (sulfide) groups is 1. The van der Waals surface area contributed by atoms with Gasteiger partial charge >= 0.3 is 5.97 Å². The number of methoxy groups -OCH3 is 1. The van der Waals surface area contributed by atoms with Crippen molar-refractivity contribution in [2.45, 2.75) is 6.54 Å². The molecule has 2 amide bonds. The van der Waals surface area contributed by atoms with E-state index in [1.54, 1.807) is 30.3 Å². The van der Waals surface area contributed by atoms with Crippen molar-refractivity contribution in [1.82, 2.24) is 4.90 Å². The summed E-state index contributed by atoms with van der Waals surface area (Å²) >= 11 is 4.27. The van der Waals surface area contributed by atoms with Crippen LogP contribution in [0.4, 0.5) is 4.79 Å². The summed E-state index contributed by atoms with van der Waals surface area (Å²) in [7, 11) is 1.32. The van der Waals surface area contributed by atoms with E-state index in [1.165, 1.54) is 12.0 Å². The third-order valence-electron chi connectivity index (χ3n) is 3.76. The molecule has 2 aromatic rings. The number of hydrogen-bond donors (Lipinski definition) is 0. The second-order valence-corrected chi connectivity index (χ2v) is 7.42. The average molecular weight is 432 g/mol. The summed E-state index contributed by atoms with van der Waals surface area (Å²) in [4.78, 5) is 37.8. The number of carbonyl (C=O) groups is 3. The first kappa shape index (κ1) is 18.4. The Morgan fingerprint density at radius 3 is 2.38 bits per heavy atom. The Morgan fingerprint density at radius 2 is 1.77 bits per heavy atom. The molecule has 3 rings (SSSR count). The number of esters is 1. The highest BCUT2D eigenvalue weighted by Gasteiger charge is 2.34. The minimum Gasteiger partial charge on any atom is -0.465 e. The van der Waals surface area contributed by atoms with Gasteiger partial charge in [-0.25, -0.2) is 4.79 Å². The van der Waals surface area contributed by atoms with Crippen LogP contribution in [0.25, 0.3) is 6.08 Å². The highest BCUT2D eigenvalue weighted by molar-refractivity contribution is 9.10. The molecule has 0 atom stereocenters. The maximum absolute atomic E-state index is 12.5. The van der Waals surface area contributed by atoms with Crippen LogP contribution in [-0.2, 0) is 16.1 Å². The van der Waals surface area contributed by atoms with E-state index >= 15 is 0 Å². The summed E-state index contributed by atoms with van der Waals surface area (Å²) in [5.41, 5.74) is 2.03. The summed E-state index contributed by atoms with van der Waals surface area (Å²) in [6.45, 7) is 0.233. The lowest BCUT2D eigenvalue weighted by Gasteiger charge is -2.12. The minimum absolute atomic E-state index is 0.233. The number of imide groups is 1. The maximum Gasteiger partial charge on any atom is 0.337 e. The van der Waals surface area contributed by atoms with Gasteiger partial charge < -0.3 is 4.74 Å². The van der Waals surface area contributed by atoms with Gasteiger partial charge in [0.05, 0.1) is 24.1 Å². The van der Waals surface area contributed by atoms with Gasteiger partial charge in [0, 0.05) is 4.47 Å². The third kappa shape index (κ3) is 4.05. The van der Waals surface area contributed by atoms with Crippen molar-refractivity contribution in [3.8, 4) is 0 Å². The summed E-state index contributed by atoms with van der Waals surface area (Å²) in [6, 6.07) is 14.1. The van der Waals surface area contributed by atoms with Crippen molar-refractivity contribution in [1.29, 1.82) is 0 Å². The number of rotatable bonds is 4. The molecule has 0 aromatic heterocycles. The first-order valence-electron chi connectivity index (χ1n) is 7.66. The molecule has 132 valence electrons. The van der Waals surface area contributed by atoms with E-state index in [1.807, 2.05) is 24.3 Å². The van der Waals surface area contributed by atoms with E-state index in [0.717, 1.165) is 27.4 Å². The van der Waals surface area contributed by atoms with E-state index < -0.39 is 5.97 Å². The normalized spacial score (nSPS) is 15.6. The van der Waals surface area contributed by atoms with Crippen molar-refractivity contribution in [2.24, 2.45) is 0 Å². The highest BCUT2D eigenvalue weighted by atomic mass is 79.9. The highest BCUT2D eigenvalue weighted by Crippen LogP contribution is 2.33. The average Bonchev–Trinajstić information content (AvgIpc) is 2.91. The molecule has 0 unspecified atom stereocenters. The Bertz CT molecular complexity index is 891. The minimum atomic E-state index is -0.425. The summed E-state index contributed by atoms with van der Waals surface area (Å²) < 4.78 is 5.59. The number of carbonyl (C=O) groups excluding carboxylic acids is 3. The van der Waals surface area contributed by atoms with Crippen molar-refractivity contribution in [3.63, 3.8) is 0 Å². The SMILES string of the molecule is COC(=O)c1ccc(/C=C2/SC(=O)N(Cc3ccc(Br)cc3)C2=O)cc1. The molecule has 0 bridgehead atoms. The van der Waals surface area contributed by atoms with Gasteiger partial charge in [0.15, 0.2) is 0 Å². The lowest BCUT2D eigenvalue weighted by Crippen LogP contribution is -2.27. The monoisotopic (exact) mass is 431 g/mol. The van der Waals surface area contributed by atoms with Gasteiger partial charge in [-0.15, -0.1) is 0 Å². The van der Waals surface area contributed by atoms with Gasteiger partial charge in [-0.1, -0.05) is 40.2 Å². The van der Waals surface area contributed by atoms with Gasteiger partial charge in [-0.05, 0) is 53.2 Å². The van der Waals surface area contributed by atoms with Crippen LogP contribution in [0.3, 0.4) is 0 Å². The van der Waals surface area contributed by atoms with Crippen LogP contribution in [0.2, 0.25) is 0 Å². The Balaban J connectivity index is 1.76. The van der Waals surface area contributed by atoms with Gasteiger partial charge in [0.1, 0.15) is 0 Å². The summed E-state index contributed by atoms with van der Waals surface area (Å²) in [5.74, 6) is -0.744. The second kappa shape index (κ2) is 7.88. The molecule has 7 heteroatoms. The summed E-state index contributed by atoms with van der Waals surface area (Å²) in [6.07, 6.45) is 1.65. The smallest absolute Gasteiger partial charge is 0.337 e. The van der Waals surface area contributed by atoms with E-state index in [-0.39, 0.29) is 17.7 Å². The Morgan fingerprint density at radius 1 is 1.12 bits per heavy atom. The van der Waals surface area contributed by atoms with Crippen molar-refractivity contribution < 1.29 is 19.1 Å². The topological polar surface area (TPSA) is 63.7 Å². The maximum atomic E-state index is 12.5. The fourth-order valence-corrected chi connectivity index (χ4v) is 3.50. The third-order valence-corrected chi connectivity index (χ3v) is 5.19. The number of halogens is 1. The molecule has 0 aliphatic carbocycles. The van der Waals surface area contributed by atoms with Gasteiger partial charge in [0.2, 0.25) is 0 Å². The van der Waals surface area contributed by atoms with Crippen LogP contribution in [0.1, 0.15) is 21.5 Å². The van der Waals surface area contributed by atoms with E-state index in [2.05, 4.69) is 20.7 Å². The molecule has 0 radical (unpaired) electrons. The molecular weight excluding hydrogens is 418 g/mol. The molecule has 1 heterocycles. The van der Waals surface area contributed by atoms with Gasteiger partial charge in [-0.3, -0.25) is 14.5 Å². The molecule has 0 N–H and O–H groups in total. The number of benzene rings is 2. The van der Waals surface area contributed by atoms with Crippen LogP contribution in [0, 0.1) is 0 Å². The van der Waals surface area contributed by atoms with Crippen LogP contribution in [0.15, 0.2) is 57.9 Å². The molecule has 0 saturated carbocycles. The van der Waals surface area contributed by atoms with Crippen molar-refractivity contribution in [2.75, 3.05) is 7.11 Å². The molecule has 1 saturated heterocycles. The van der Waals surface area contributed by atoms with E-state index in [9.17, 15) is 14.4 Å². The first-order chi connectivity index (χ1) is 12.5. The fraction of sp³-hybridized carbons (Fsp3) is 0.105. The zero-order chi connectivity index (χ0) is 18.7. The van der Waals surface area contributed by atoms with Crippen LogP contribution in [-0.4, -0.2) is 29.1 Å². The Kier molecular flexibility index (Phi) is 5.58. The van der Waals surface area contributed by atoms with Crippen LogP contribution < -0.4 is 0 Å². The quantitative estimate of drug-likeness (QED) is 0.527. The first-order valence-corrected chi connectivity index (χ1v) is 9.27. The summed E-state index contributed by atoms with van der Waals surface area (Å²) in [5, 5.41) is -0.296. The number of amides is 2. The zero-order valence-corrected chi connectivity index (χ0v) is 16.2. The molecule has 26 heavy (non-hydrogen) atoms. The predicted octanol–water partition coefficient (Wildman–Crippen LogP) is 4.47.